The van der Waals surface area contributed by atoms with Gasteiger partial charge < -0.3 is 10.1 Å². The van der Waals surface area contributed by atoms with Crippen molar-refractivity contribution in [2.75, 3.05) is 20.7 Å². The van der Waals surface area contributed by atoms with Gasteiger partial charge in [-0.3, -0.25) is 0 Å². The number of benzene rings is 2. The lowest BCUT2D eigenvalue weighted by Crippen LogP contribution is -2.20. The van der Waals surface area contributed by atoms with Crippen LogP contribution < -0.4 is 10.1 Å². The Morgan fingerprint density at radius 3 is 2.62 bits per heavy atom. The standard InChI is InChI=1S/C18H22ClNO/c1-13-6-4-5-7-17(13)15(12-20-2)10-14-11-16(19)8-9-18(14)21-3/h4-9,11,15,20H,10,12H2,1-3H3. The number of nitrogens with one attached hydrogen (secondary N) is 1. The summed E-state index contributed by atoms with van der Waals surface area (Å²) in [6.07, 6.45) is 0.898. The van der Waals surface area contributed by atoms with Crippen molar-refractivity contribution in [3.63, 3.8) is 0 Å². The van der Waals surface area contributed by atoms with E-state index >= 15 is 0 Å². The molecule has 2 rings (SSSR count). The Morgan fingerprint density at radius 2 is 1.95 bits per heavy atom. The lowest BCUT2D eigenvalue weighted by molar-refractivity contribution is 0.407. The van der Waals surface area contributed by atoms with Crippen molar-refractivity contribution in [3.05, 3.63) is 64.2 Å². The Labute approximate surface area is 132 Å². The van der Waals surface area contributed by atoms with E-state index in [1.165, 1.54) is 11.1 Å². The maximum absolute atomic E-state index is 6.14. The Hall–Kier alpha value is -1.51. The average molecular weight is 304 g/mol. The summed E-state index contributed by atoms with van der Waals surface area (Å²) in [7, 11) is 3.69. The first kappa shape index (κ1) is 15.9. The molecule has 1 unspecified atom stereocenters. The third-order valence-corrected chi connectivity index (χ3v) is 4.02. The summed E-state index contributed by atoms with van der Waals surface area (Å²) in [6, 6.07) is 14.3. The van der Waals surface area contributed by atoms with Crippen molar-refractivity contribution in [1.29, 1.82) is 0 Å². The fourth-order valence-electron chi connectivity index (χ4n) is 2.76. The highest BCUT2D eigenvalue weighted by Gasteiger charge is 2.16. The topological polar surface area (TPSA) is 21.3 Å². The highest BCUT2D eigenvalue weighted by Crippen LogP contribution is 2.30. The maximum Gasteiger partial charge on any atom is 0.122 e. The first-order chi connectivity index (χ1) is 10.2. The average Bonchev–Trinajstić information content (AvgIpc) is 2.48. The molecule has 2 aromatic carbocycles. The molecule has 3 heteroatoms. The summed E-state index contributed by atoms with van der Waals surface area (Å²) in [6.45, 7) is 3.08. The molecule has 0 aliphatic carbocycles. The molecule has 112 valence electrons. The Kier molecular flexibility index (Phi) is 5.66. The molecule has 21 heavy (non-hydrogen) atoms. The summed E-state index contributed by atoms with van der Waals surface area (Å²) >= 11 is 6.14. The molecule has 2 nitrogen and oxygen atoms in total. The molecular weight excluding hydrogens is 282 g/mol. The van der Waals surface area contributed by atoms with Crippen LogP contribution in [0.15, 0.2) is 42.5 Å². The minimum Gasteiger partial charge on any atom is -0.496 e. The van der Waals surface area contributed by atoms with E-state index in [4.69, 9.17) is 16.3 Å². The first-order valence-electron chi connectivity index (χ1n) is 7.18. The summed E-state index contributed by atoms with van der Waals surface area (Å²) in [5.41, 5.74) is 3.83. The van der Waals surface area contributed by atoms with E-state index < -0.39 is 0 Å². The number of aryl methyl sites for hydroxylation is 1. The molecule has 0 aromatic heterocycles. The van der Waals surface area contributed by atoms with Gasteiger partial charge >= 0.3 is 0 Å². The van der Waals surface area contributed by atoms with Crippen LogP contribution in [0.5, 0.6) is 5.75 Å². The van der Waals surface area contributed by atoms with Gasteiger partial charge in [0.1, 0.15) is 5.75 Å². The second kappa shape index (κ2) is 7.48. The SMILES string of the molecule is CNCC(Cc1cc(Cl)ccc1OC)c1ccccc1C. The zero-order chi connectivity index (χ0) is 15.2. The number of hydrogen-bond donors (Lipinski definition) is 1. The van der Waals surface area contributed by atoms with Crippen LogP contribution in [0.3, 0.4) is 0 Å². The van der Waals surface area contributed by atoms with Gasteiger partial charge in [-0.2, -0.15) is 0 Å². The minimum absolute atomic E-state index is 0.392. The zero-order valence-electron chi connectivity index (χ0n) is 12.8. The molecule has 0 saturated heterocycles. The Morgan fingerprint density at radius 1 is 1.19 bits per heavy atom. The molecule has 2 aromatic rings. The third-order valence-electron chi connectivity index (χ3n) is 3.79. The number of ether oxygens (including phenoxy) is 1. The van der Waals surface area contributed by atoms with Crippen molar-refractivity contribution in [2.45, 2.75) is 19.3 Å². The summed E-state index contributed by atoms with van der Waals surface area (Å²) in [5, 5.41) is 4.04. The van der Waals surface area contributed by atoms with Gasteiger partial charge in [0, 0.05) is 17.5 Å². The highest BCUT2D eigenvalue weighted by molar-refractivity contribution is 6.30. The number of likely N-dealkylation sites (N-methyl/N-ethyl adjacent to an activating group) is 1. The van der Waals surface area contributed by atoms with Gasteiger partial charge in [-0.1, -0.05) is 35.9 Å². The second-order valence-corrected chi connectivity index (χ2v) is 5.71. The quantitative estimate of drug-likeness (QED) is 0.863. The molecule has 0 amide bonds. The predicted molar refractivity (Wildman–Crippen MR) is 89.6 cm³/mol. The van der Waals surface area contributed by atoms with Crippen LogP contribution in [-0.2, 0) is 6.42 Å². The smallest absolute Gasteiger partial charge is 0.122 e. The maximum atomic E-state index is 6.14. The van der Waals surface area contributed by atoms with Crippen LogP contribution in [0.25, 0.3) is 0 Å². The van der Waals surface area contributed by atoms with Crippen LogP contribution in [0, 0.1) is 6.92 Å². The van der Waals surface area contributed by atoms with Crippen LogP contribution in [0.4, 0.5) is 0 Å². The van der Waals surface area contributed by atoms with Gasteiger partial charge in [0.05, 0.1) is 7.11 Å². The number of methoxy groups -OCH3 is 1. The third kappa shape index (κ3) is 3.99. The molecule has 0 spiro atoms. The minimum atomic E-state index is 0.392. The largest absolute Gasteiger partial charge is 0.496 e. The van der Waals surface area contributed by atoms with Gasteiger partial charge in [-0.05, 0) is 55.3 Å². The first-order valence-corrected chi connectivity index (χ1v) is 7.56. The molecule has 1 atom stereocenters. The van der Waals surface area contributed by atoms with Gasteiger partial charge in [0.25, 0.3) is 0 Å². The highest BCUT2D eigenvalue weighted by atomic mass is 35.5. The van der Waals surface area contributed by atoms with E-state index in [1.807, 2.05) is 25.2 Å². The fourth-order valence-corrected chi connectivity index (χ4v) is 2.95. The number of hydrogen-bond acceptors (Lipinski definition) is 2. The van der Waals surface area contributed by atoms with Crippen LogP contribution in [0.2, 0.25) is 5.02 Å². The molecule has 0 saturated carbocycles. The molecule has 0 bridgehead atoms. The molecule has 0 radical (unpaired) electrons. The van der Waals surface area contributed by atoms with Crippen LogP contribution in [-0.4, -0.2) is 20.7 Å². The van der Waals surface area contributed by atoms with Crippen molar-refractivity contribution in [3.8, 4) is 5.75 Å². The molecule has 0 heterocycles. The lowest BCUT2D eigenvalue weighted by Gasteiger charge is -2.20. The number of halogens is 1. The molecular formula is C18H22ClNO. The van der Waals surface area contributed by atoms with E-state index in [0.29, 0.717) is 5.92 Å². The van der Waals surface area contributed by atoms with E-state index in [9.17, 15) is 0 Å². The van der Waals surface area contributed by atoms with Crippen LogP contribution in [0.1, 0.15) is 22.6 Å². The van der Waals surface area contributed by atoms with E-state index in [2.05, 4.69) is 36.5 Å². The van der Waals surface area contributed by atoms with E-state index in [0.717, 1.165) is 29.3 Å². The van der Waals surface area contributed by atoms with Crippen molar-refractivity contribution in [2.24, 2.45) is 0 Å². The summed E-state index contributed by atoms with van der Waals surface area (Å²) < 4.78 is 5.47. The van der Waals surface area contributed by atoms with Crippen LogP contribution >= 0.6 is 11.6 Å². The monoisotopic (exact) mass is 303 g/mol. The van der Waals surface area contributed by atoms with Gasteiger partial charge in [-0.15, -0.1) is 0 Å². The van der Waals surface area contributed by atoms with Gasteiger partial charge in [-0.25, -0.2) is 0 Å². The van der Waals surface area contributed by atoms with E-state index in [1.54, 1.807) is 7.11 Å². The van der Waals surface area contributed by atoms with Crippen molar-refractivity contribution >= 4 is 11.6 Å². The molecule has 1 N–H and O–H groups in total. The Balaban J connectivity index is 2.33. The lowest BCUT2D eigenvalue weighted by atomic mass is 9.89. The molecule has 0 aliphatic rings. The number of rotatable bonds is 6. The van der Waals surface area contributed by atoms with Gasteiger partial charge in [0.2, 0.25) is 0 Å². The molecule has 0 aliphatic heterocycles. The predicted octanol–water partition coefficient (Wildman–Crippen LogP) is 4.20. The Bertz CT molecular complexity index is 598. The second-order valence-electron chi connectivity index (χ2n) is 5.27. The molecule has 0 fully saturated rings. The normalized spacial score (nSPS) is 12.2. The van der Waals surface area contributed by atoms with Gasteiger partial charge in [0.15, 0.2) is 0 Å². The van der Waals surface area contributed by atoms with Crippen molar-refractivity contribution in [1.82, 2.24) is 5.32 Å². The van der Waals surface area contributed by atoms with E-state index in [-0.39, 0.29) is 0 Å². The van der Waals surface area contributed by atoms with Crippen molar-refractivity contribution < 1.29 is 4.74 Å². The summed E-state index contributed by atoms with van der Waals surface area (Å²) in [4.78, 5) is 0. The fraction of sp³-hybridized carbons (Fsp3) is 0.333. The zero-order valence-corrected chi connectivity index (χ0v) is 13.6. The summed E-state index contributed by atoms with van der Waals surface area (Å²) in [5.74, 6) is 1.29.